The van der Waals surface area contributed by atoms with Crippen LogP contribution in [0.25, 0.3) is 10.9 Å². The molecule has 0 radical (unpaired) electrons. The number of aromatic nitrogens is 2. The fourth-order valence-electron chi connectivity index (χ4n) is 2.93. The fourth-order valence-corrected chi connectivity index (χ4v) is 3.10. The molecule has 166 valence electrons. The highest BCUT2D eigenvalue weighted by Crippen LogP contribution is 2.24. The number of carbonyl (C=O) groups is 2. The number of nitrogens with zero attached hydrogens (tertiary/aromatic N) is 3. The van der Waals surface area contributed by atoms with Gasteiger partial charge in [-0.25, -0.2) is 4.79 Å². The molecule has 0 bridgehead atoms. The number of amides is 1. The van der Waals surface area contributed by atoms with Crippen LogP contribution in [0.3, 0.4) is 0 Å². The van der Waals surface area contributed by atoms with Gasteiger partial charge in [-0.2, -0.15) is 0 Å². The summed E-state index contributed by atoms with van der Waals surface area (Å²) >= 11 is 5.92. The molecule has 0 atom stereocenters. The van der Waals surface area contributed by atoms with Crippen LogP contribution in [0.2, 0.25) is 5.02 Å². The highest BCUT2D eigenvalue weighted by Gasteiger charge is 2.22. The number of rotatable bonds is 6. The SMILES string of the molecule is CC(C)(C)OC(=O)c1ccc(CCC(=O)Nc2cc3ccc(Cl)cc3nn2)c([N+](=O)[O-])c1. The normalized spacial score (nSPS) is 11.2. The molecule has 10 heteroatoms. The van der Waals surface area contributed by atoms with Gasteiger partial charge in [0.1, 0.15) is 5.60 Å². The van der Waals surface area contributed by atoms with E-state index in [-0.39, 0.29) is 35.8 Å². The molecule has 1 N–H and O–H groups in total. The maximum absolute atomic E-state index is 12.3. The third-order valence-corrected chi connectivity index (χ3v) is 4.59. The van der Waals surface area contributed by atoms with Crippen LogP contribution in [0.15, 0.2) is 42.5 Å². The van der Waals surface area contributed by atoms with Gasteiger partial charge in [0.15, 0.2) is 5.82 Å². The minimum Gasteiger partial charge on any atom is -0.456 e. The third-order valence-electron chi connectivity index (χ3n) is 4.36. The average Bonchev–Trinajstić information content (AvgIpc) is 2.71. The Morgan fingerprint density at radius 2 is 1.88 bits per heavy atom. The first-order valence-corrected chi connectivity index (χ1v) is 10.1. The van der Waals surface area contributed by atoms with Crippen LogP contribution in [0.5, 0.6) is 0 Å². The number of halogens is 1. The van der Waals surface area contributed by atoms with E-state index in [1.807, 2.05) is 0 Å². The molecule has 0 unspecified atom stereocenters. The summed E-state index contributed by atoms with van der Waals surface area (Å²) in [6.07, 6.45) is 0.0837. The summed E-state index contributed by atoms with van der Waals surface area (Å²) in [5, 5.41) is 23.4. The van der Waals surface area contributed by atoms with Gasteiger partial charge in [-0.15, -0.1) is 10.2 Å². The minimum atomic E-state index is -0.722. The summed E-state index contributed by atoms with van der Waals surface area (Å²) in [7, 11) is 0. The van der Waals surface area contributed by atoms with Gasteiger partial charge in [0.25, 0.3) is 5.69 Å². The Bertz CT molecular complexity index is 1210. The quantitative estimate of drug-likeness (QED) is 0.323. The molecule has 0 saturated heterocycles. The van der Waals surface area contributed by atoms with Gasteiger partial charge in [-0.1, -0.05) is 23.7 Å². The third kappa shape index (κ3) is 5.98. The first-order chi connectivity index (χ1) is 15.0. The van der Waals surface area contributed by atoms with Crippen LogP contribution in [0, 0.1) is 10.1 Å². The second-order valence-electron chi connectivity index (χ2n) is 8.08. The van der Waals surface area contributed by atoms with Gasteiger partial charge in [0.05, 0.1) is 16.0 Å². The molecule has 2 aromatic carbocycles. The first-order valence-electron chi connectivity index (χ1n) is 9.75. The Labute approximate surface area is 188 Å². The molecule has 1 heterocycles. The van der Waals surface area contributed by atoms with E-state index in [1.54, 1.807) is 45.0 Å². The molecule has 0 aliphatic carbocycles. The van der Waals surface area contributed by atoms with Crippen molar-refractivity contribution < 1.29 is 19.2 Å². The lowest BCUT2D eigenvalue weighted by Crippen LogP contribution is -2.24. The lowest BCUT2D eigenvalue weighted by molar-refractivity contribution is -0.385. The molecule has 32 heavy (non-hydrogen) atoms. The Morgan fingerprint density at radius 1 is 1.12 bits per heavy atom. The first kappa shape index (κ1) is 23.1. The van der Waals surface area contributed by atoms with E-state index in [4.69, 9.17) is 16.3 Å². The van der Waals surface area contributed by atoms with Crippen molar-refractivity contribution in [3.63, 3.8) is 0 Å². The van der Waals surface area contributed by atoms with Crippen LogP contribution in [-0.2, 0) is 16.0 Å². The summed E-state index contributed by atoms with van der Waals surface area (Å²) in [5.41, 5.74) is 0.0309. The van der Waals surface area contributed by atoms with E-state index >= 15 is 0 Å². The highest BCUT2D eigenvalue weighted by atomic mass is 35.5. The maximum Gasteiger partial charge on any atom is 0.338 e. The molecule has 1 amide bonds. The smallest absolute Gasteiger partial charge is 0.338 e. The number of nitro benzene ring substituents is 1. The van der Waals surface area contributed by atoms with Crippen LogP contribution in [0.1, 0.15) is 43.1 Å². The summed E-state index contributed by atoms with van der Waals surface area (Å²) in [6.45, 7) is 5.13. The van der Waals surface area contributed by atoms with Crippen molar-refractivity contribution in [1.29, 1.82) is 0 Å². The summed E-state index contributed by atoms with van der Waals surface area (Å²) < 4.78 is 5.25. The zero-order valence-electron chi connectivity index (χ0n) is 17.7. The number of carbonyl (C=O) groups excluding carboxylic acids is 2. The number of hydrogen-bond acceptors (Lipinski definition) is 7. The number of aryl methyl sites for hydroxylation is 1. The van der Waals surface area contributed by atoms with E-state index in [2.05, 4.69) is 15.5 Å². The molecule has 0 aliphatic heterocycles. The number of esters is 1. The number of nitrogens with one attached hydrogen (secondary N) is 1. The van der Waals surface area contributed by atoms with Crippen molar-refractivity contribution in [3.05, 3.63) is 68.7 Å². The molecular weight excluding hydrogens is 436 g/mol. The van der Waals surface area contributed by atoms with Crippen molar-refractivity contribution in [2.45, 2.75) is 39.2 Å². The van der Waals surface area contributed by atoms with Gasteiger partial charge < -0.3 is 10.1 Å². The number of anilines is 1. The van der Waals surface area contributed by atoms with E-state index in [9.17, 15) is 19.7 Å². The van der Waals surface area contributed by atoms with Crippen molar-refractivity contribution in [3.8, 4) is 0 Å². The Hall–Kier alpha value is -3.59. The van der Waals surface area contributed by atoms with Gasteiger partial charge in [-0.05, 0) is 51.5 Å². The van der Waals surface area contributed by atoms with Gasteiger partial charge in [0, 0.05) is 28.5 Å². The molecule has 0 saturated carbocycles. The fraction of sp³-hybridized carbons (Fsp3) is 0.273. The number of ether oxygens (including phenoxy) is 1. The molecule has 3 rings (SSSR count). The Balaban J connectivity index is 1.69. The molecule has 3 aromatic rings. The topological polar surface area (TPSA) is 124 Å². The summed E-state index contributed by atoms with van der Waals surface area (Å²) in [6, 6.07) is 10.9. The summed E-state index contributed by atoms with van der Waals surface area (Å²) in [5.74, 6) is -0.765. The summed E-state index contributed by atoms with van der Waals surface area (Å²) in [4.78, 5) is 35.5. The molecule has 9 nitrogen and oxygen atoms in total. The lowest BCUT2D eigenvalue weighted by Gasteiger charge is -2.19. The van der Waals surface area contributed by atoms with Crippen molar-refractivity contribution in [1.82, 2.24) is 10.2 Å². The molecule has 0 fully saturated rings. The van der Waals surface area contributed by atoms with Crippen LogP contribution in [0.4, 0.5) is 11.5 Å². The standard InChI is InChI=1S/C22H21ClN4O5/c1-22(2,3)32-21(29)15-5-4-13(18(10-15)27(30)31)7-9-20(28)24-19-11-14-6-8-16(23)12-17(14)25-26-19/h4-6,8,10-12H,7,9H2,1-3H3,(H,24,26,28). The van der Waals surface area contributed by atoms with Gasteiger partial charge in [0.2, 0.25) is 5.91 Å². The minimum absolute atomic E-state index is 0.0209. The lowest BCUT2D eigenvalue weighted by atomic mass is 10.0. The van der Waals surface area contributed by atoms with E-state index in [0.717, 1.165) is 5.39 Å². The second-order valence-corrected chi connectivity index (χ2v) is 8.52. The molecule has 0 aliphatic rings. The van der Waals surface area contributed by atoms with Crippen molar-refractivity contribution in [2.24, 2.45) is 0 Å². The average molecular weight is 457 g/mol. The van der Waals surface area contributed by atoms with E-state index < -0.39 is 16.5 Å². The van der Waals surface area contributed by atoms with E-state index in [0.29, 0.717) is 16.1 Å². The molecular formula is C22H21ClN4O5. The zero-order chi connectivity index (χ0) is 23.5. The van der Waals surface area contributed by atoms with Crippen molar-refractivity contribution in [2.75, 3.05) is 5.32 Å². The van der Waals surface area contributed by atoms with Crippen molar-refractivity contribution >= 4 is 45.9 Å². The van der Waals surface area contributed by atoms with Gasteiger partial charge >= 0.3 is 5.97 Å². The monoisotopic (exact) mass is 456 g/mol. The number of nitro groups is 1. The Morgan fingerprint density at radius 3 is 2.56 bits per heavy atom. The maximum atomic E-state index is 12.3. The highest BCUT2D eigenvalue weighted by molar-refractivity contribution is 6.31. The number of benzene rings is 2. The molecule has 0 spiro atoms. The predicted octanol–water partition coefficient (Wildman–Crippen LogP) is 4.72. The van der Waals surface area contributed by atoms with Gasteiger partial charge in [-0.3, -0.25) is 14.9 Å². The van der Waals surface area contributed by atoms with E-state index in [1.165, 1.54) is 18.2 Å². The predicted molar refractivity (Wildman–Crippen MR) is 120 cm³/mol. The van der Waals surface area contributed by atoms with Crippen LogP contribution < -0.4 is 5.32 Å². The second kappa shape index (κ2) is 9.27. The van der Waals surface area contributed by atoms with Crippen LogP contribution >= 0.6 is 11.6 Å². The number of hydrogen-bond donors (Lipinski definition) is 1. The largest absolute Gasteiger partial charge is 0.456 e. The number of fused-ring (bicyclic) bond motifs is 1. The molecule has 1 aromatic heterocycles. The Kier molecular flexibility index (Phi) is 6.69. The zero-order valence-corrected chi connectivity index (χ0v) is 18.5. The van der Waals surface area contributed by atoms with Crippen LogP contribution in [-0.4, -0.2) is 32.6 Å².